The molecule has 0 radical (unpaired) electrons. The van der Waals surface area contributed by atoms with Crippen molar-refractivity contribution in [1.29, 1.82) is 0 Å². The van der Waals surface area contributed by atoms with Crippen molar-refractivity contribution in [2.45, 2.75) is 24.9 Å². The van der Waals surface area contributed by atoms with Crippen LogP contribution in [0.25, 0.3) is 0 Å². The van der Waals surface area contributed by atoms with Crippen molar-refractivity contribution in [3.8, 4) is 0 Å². The van der Waals surface area contributed by atoms with Crippen LogP contribution in [-0.4, -0.2) is 11.1 Å². The summed E-state index contributed by atoms with van der Waals surface area (Å²) in [4.78, 5) is 0. The van der Waals surface area contributed by atoms with E-state index in [4.69, 9.17) is 11.6 Å². The van der Waals surface area contributed by atoms with Crippen molar-refractivity contribution in [2.75, 3.05) is 5.88 Å². The second-order valence-corrected chi connectivity index (χ2v) is 5.00. The highest BCUT2D eigenvalue weighted by Crippen LogP contribution is 2.18. The van der Waals surface area contributed by atoms with Crippen LogP contribution in [0, 0.1) is 6.92 Å². The maximum atomic E-state index is 5.72. The van der Waals surface area contributed by atoms with E-state index in [1.54, 1.807) is 0 Å². The van der Waals surface area contributed by atoms with E-state index in [1.807, 2.05) is 11.8 Å². The van der Waals surface area contributed by atoms with E-state index in [-0.39, 0.29) is 0 Å². The molecule has 0 N–H and O–H groups in total. The van der Waals surface area contributed by atoms with Crippen LogP contribution in [0.15, 0.2) is 24.3 Å². The Kier molecular flexibility index (Phi) is 4.68. The van der Waals surface area contributed by atoms with Gasteiger partial charge in [-0.1, -0.05) is 36.8 Å². The molecule has 0 amide bonds. The van der Waals surface area contributed by atoms with Crippen molar-refractivity contribution in [2.24, 2.45) is 0 Å². The van der Waals surface area contributed by atoms with Crippen molar-refractivity contribution in [3.63, 3.8) is 0 Å². The lowest BCUT2D eigenvalue weighted by Gasteiger charge is -2.06. The lowest BCUT2D eigenvalue weighted by atomic mass is 10.2. The maximum absolute atomic E-state index is 5.72. The maximum Gasteiger partial charge on any atom is 0.0340 e. The van der Waals surface area contributed by atoms with Gasteiger partial charge >= 0.3 is 0 Å². The van der Waals surface area contributed by atoms with Crippen LogP contribution < -0.4 is 0 Å². The van der Waals surface area contributed by atoms with E-state index in [0.29, 0.717) is 5.25 Å². The Morgan fingerprint density at radius 2 is 1.92 bits per heavy atom. The highest BCUT2D eigenvalue weighted by Gasteiger charge is 2.00. The van der Waals surface area contributed by atoms with Crippen molar-refractivity contribution in [1.82, 2.24) is 0 Å². The first-order valence-electron chi connectivity index (χ1n) is 4.45. The van der Waals surface area contributed by atoms with E-state index in [1.165, 1.54) is 11.1 Å². The topological polar surface area (TPSA) is 0 Å². The van der Waals surface area contributed by atoms with Crippen LogP contribution in [0.5, 0.6) is 0 Å². The Bertz CT molecular complexity index is 243. The third-order valence-corrected chi connectivity index (χ3v) is 3.75. The molecule has 0 aliphatic rings. The monoisotopic (exact) mass is 214 g/mol. The lowest BCUT2D eigenvalue weighted by Crippen LogP contribution is -1.97. The molecule has 0 spiro atoms. The molecule has 0 fully saturated rings. The molecule has 0 aromatic heterocycles. The molecule has 2 heteroatoms. The van der Waals surface area contributed by atoms with Gasteiger partial charge in [0.05, 0.1) is 0 Å². The largest absolute Gasteiger partial charge is 0.153 e. The molecule has 0 nitrogen and oxygen atoms in total. The minimum atomic E-state index is 0.544. The smallest absolute Gasteiger partial charge is 0.0340 e. The van der Waals surface area contributed by atoms with Crippen LogP contribution in [0.1, 0.15) is 18.1 Å². The highest BCUT2D eigenvalue weighted by molar-refractivity contribution is 7.99. The normalized spacial score (nSPS) is 12.8. The van der Waals surface area contributed by atoms with Gasteiger partial charge in [-0.25, -0.2) is 0 Å². The first-order chi connectivity index (χ1) is 6.22. The van der Waals surface area contributed by atoms with Gasteiger partial charge in [-0.3, -0.25) is 0 Å². The third kappa shape index (κ3) is 4.06. The molecule has 1 atom stereocenters. The van der Waals surface area contributed by atoms with Gasteiger partial charge < -0.3 is 0 Å². The number of hydrogen-bond donors (Lipinski definition) is 0. The molecule has 72 valence electrons. The number of aryl methyl sites for hydroxylation is 1. The molecule has 1 aromatic carbocycles. The summed E-state index contributed by atoms with van der Waals surface area (Å²) in [6.45, 7) is 4.27. The van der Waals surface area contributed by atoms with E-state index >= 15 is 0 Å². The standard InChI is InChI=1S/C11H15ClS/c1-9-3-5-11(6-4-9)8-13-10(2)7-12/h3-6,10H,7-8H2,1-2H3. The number of rotatable bonds is 4. The summed E-state index contributed by atoms with van der Waals surface area (Å²) >= 11 is 7.63. The molecule has 0 saturated heterocycles. The summed E-state index contributed by atoms with van der Waals surface area (Å²) in [5.41, 5.74) is 2.70. The Hall–Kier alpha value is -0.140. The van der Waals surface area contributed by atoms with E-state index in [0.717, 1.165) is 11.6 Å². The molecule has 0 saturated carbocycles. The predicted molar refractivity (Wildman–Crippen MR) is 62.7 cm³/mol. The fourth-order valence-corrected chi connectivity index (χ4v) is 1.99. The van der Waals surface area contributed by atoms with E-state index in [9.17, 15) is 0 Å². The van der Waals surface area contributed by atoms with Gasteiger partial charge in [0.25, 0.3) is 0 Å². The summed E-state index contributed by atoms with van der Waals surface area (Å²) in [6.07, 6.45) is 0. The molecule has 0 heterocycles. The Morgan fingerprint density at radius 1 is 1.31 bits per heavy atom. The SMILES string of the molecule is Cc1ccc(CSC(C)CCl)cc1. The molecule has 1 aromatic rings. The average Bonchev–Trinajstić information content (AvgIpc) is 2.16. The molecule has 13 heavy (non-hydrogen) atoms. The fourth-order valence-electron chi connectivity index (χ4n) is 0.967. The first-order valence-corrected chi connectivity index (χ1v) is 6.04. The summed E-state index contributed by atoms with van der Waals surface area (Å²) in [6, 6.07) is 8.68. The first kappa shape index (κ1) is 10.9. The van der Waals surface area contributed by atoms with Crippen molar-refractivity contribution in [3.05, 3.63) is 35.4 Å². The predicted octanol–water partition coefficient (Wildman–Crippen LogP) is 3.86. The van der Waals surface area contributed by atoms with Gasteiger partial charge in [0.1, 0.15) is 0 Å². The zero-order valence-electron chi connectivity index (χ0n) is 8.09. The third-order valence-electron chi connectivity index (χ3n) is 1.87. The van der Waals surface area contributed by atoms with Crippen LogP contribution >= 0.6 is 23.4 Å². The van der Waals surface area contributed by atoms with E-state index in [2.05, 4.69) is 38.1 Å². The Balaban J connectivity index is 2.41. The second-order valence-electron chi connectivity index (χ2n) is 3.26. The number of alkyl halides is 1. The van der Waals surface area contributed by atoms with Gasteiger partial charge in [0.2, 0.25) is 0 Å². The van der Waals surface area contributed by atoms with Crippen LogP contribution in [0.4, 0.5) is 0 Å². The minimum Gasteiger partial charge on any atom is -0.153 e. The summed E-state index contributed by atoms with van der Waals surface area (Å²) in [5, 5.41) is 0.544. The molecule has 0 aliphatic heterocycles. The van der Waals surface area contributed by atoms with E-state index < -0.39 is 0 Å². The quantitative estimate of drug-likeness (QED) is 0.686. The van der Waals surface area contributed by atoms with Crippen molar-refractivity contribution < 1.29 is 0 Å². The molecule has 1 unspecified atom stereocenters. The van der Waals surface area contributed by atoms with Gasteiger partial charge in [0, 0.05) is 16.9 Å². The van der Waals surface area contributed by atoms with Crippen molar-refractivity contribution >= 4 is 23.4 Å². The molecular weight excluding hydrogens is 200 g/mol. The van der Waals surface area contributed by atoms with Crippen LogP contribution in [0.2, 0.25) is 0 Å². The zero-order valence-corrected chi connectivity index (χ0v) is 9.66. The second kappa shape index (κ2) is 5.56. The number of halogens is 1. The Morgan fingerprint density at radius 3 is 2.46 bits per heavy atom. The van der Waals surface area contributed by atoms with Crippen LogP contribution in [0.3, 0.4) is 0 Å². The Labute approximate surface area is 89.7 Å². The zero-order chi connectivity index (χ0) is 9.68. The number of benzene rings is 1. The highest BCUT2D eigenvalue weighted by atomic mass is 35.5. The van der Waals surface area contributed by atoms with Gasteiger partial charge in [-0.2, -0.15) is 11.8 Å². The summed E-state index contributed by atoms with van der Waals surface area (Å²) < 4.78 is 0. The van der Waals surface area contributed by atoms with Gasteiger partial charge in [-0.05, 0) is 12.5 Å². The lowest BCUT2D eigenvalue weighted by molar-refractivity contribution is 1.12. The molecule has 0 bridgehead atoms. The molecule has 0 aliphatic carbocycles. The average molecular weight is 215 g/mol. The molecular formula is C11H15ClS. The number of hydrogen-bond acceptors (Lipinski definition) is 1. The fraction of sp³-hybridized carbons (Fsp3) is 0.455. The van der Waals surface area contributed by atoms with Gasteiger partial charge in [0.15, 0.2) is 0 Å². The molecule has 1 rings (SSSR count). The summed E-state index contributed by atoms with van der Waals surface area (Å²) in [5.74, 6) is 1.80. The summed E-state index contributed by atoms with van der Waals surface area (Å²) in [7, 11) is 0. The minimum absolute atomic E-state index is 0.544. The van der Waals surface area contributed by atoms with Crippen LogP contribution in [-0.2, 0) is 5.75 Å². The van der Waals surface area contributed by atoms with Gasteiger partial charge in [-0.15, -0.1) is 11.6 Å². The number of thioether (sulfide) groups is 1.